The van der Waals surface area contributed by atoms with E-state index < -0.39 is 21.0 Å². The standard InChI is InChI=1S/C17H18N.C13H10.C5H5.2ClH.Hf/c1-3-18(4-2)15-9-10-17-14(12-15)11-13-7-5-6-8-16(13)17;1-3-7-12(8-4-1)11-13-9-5-2-6-10-13;1-2-4-5-3-1;;;/h5-12H,3-4H2,1-2H3;1-10H;1-3H,4H2;2*1H;. The summed E-state index contributed by atoms with van der Waals surface area (Å²) < 4.78 is 3.80. The first-order valence-corrected chi connectivity index (χ1v) is 19.2. The molecule has 0 bridgehead atoms. The summed E-state index contributed by atoms with van der Waals surface area (Å²) in [7, 11) is 0. The second-order valence-corrected chi connectivity index (χ2v) is 19.0. The van der Waals surface area contributed by atoms with Crippen LogP contribution < -0.4 is 4.90 Å². The van der Waals surface area contributed by atoms with Crippen LogP contribution in [0.3, 0.4) is 0 Å². The molecule has 198 valence electrons. The Labute approximate surface area is 253 Å². The SMILES string of the molecule is CCN(CC)c1ccc2c(c1)[CH]([Hf]([C]1=CC=CC1)=[C](c1ccccc1)c1ccccc1)c1ccccc1-2.Cl.Cl. The summed E-state index contributed by atoms with van der Waals surface area (Å²) in [4.78, 5) is 2.49. The Kier molecular flexibility index (Phi) is 9.99. The molecule has 0 heterocycles. The van der Waals surface area contributed by atoms with Gasteiger partial charge in [-0.15, -0.1) is 24.8 Å². The van der Waals surface area contributed by atoms with Gasteiger partial charge in [0.25, 0.3) is 0 Å². The van der Waals surface area contributed by atoms with Gasteiger partial charge in [0.2, 0.25) is 0 Å². The van der Waals surface area contributed by atoms with E-state index in [1.807, 2.05) is 0 Å². The maximum Gasteiger partial charge on any atom is -0.147 e. The Morgan fingerprint density at radius 3 is 1.90 bits per heavy atom. The third-order valence-corrected chi connectivity index (χ3v) is 20.0. The predicted molar refractivity (Wildman–Crippen MR) is 170 cm³/mol. The van der Waals surface area contributed by atoms with Crippen molar-refractivity contribution in [2.45, 2.75) is 23.9 Å². The van der Waals surface area contributed by atoms with Crippen molar-refractivity contribution in [1.29, 1.82) is 0 Å². The molecule has 0 aliphatic heterocycles. The fourth-order valence-electron chi connectivity index (χ4n) is 6.12. The number of halogens is 2. The van der Waals surface area contributed by atoms with Crippen molar-refractivity contribution in [3.05, 3.63) is 147 Å². The zero-order valence-electron chi connectivity index (χ0n) is 22.5. The molecule has 0 N–H and O–H groups in total. The van der Waals surface area contributed by atoms with Crippen LogP contribution in [0, 0.1) is 0 Å². The van der Waals surface area contributed by atoms with Crippen molar-refractivity contribution in [3.63, 3.8) is 0 Å². The Hall–Kier alpha value is -2.52. The number of benzene rings is 4. The molecule has 1 atom stereocenters. The summed E-state index contributed by atoms with van der Waals surface area (Å²) in [5.41, 5.74) is 10.1. The number of nitrogens with zero attached hydrogens (tertiary/aromatic N) is 1. The normalized spacial score (nSPS) is 14.4. The molecular weight excluding hydrogens is 684 g/mol. The van der Waals surface area contributed by atoms with E-state index in [-0.39, 0.29) is 24.8 Å². The molecular formula is C35H35Cl2HfN. The predicted octanol–water partition coefficient (Wildman–Crippen LogP) is 9.18. The maximum absolute atomic E-state index is 2.81. The van der Waals surface area contributed by atoms with Crippen LogP contribution in [-0.2, 0) is 21.0 Å². The Bertz CT molecular complexity index is 1480. The van der Waals surface area contributed by atoms with Gasteiger partial charge in [-0.3, -0.25) is 0 Å². The van der Waals surface area contributed by atoms with Crippen molar-refractivity contribution in [2.75, 3.05) is 18.0 Å². The van der Waals surface area contributed by atoms with Crippen LogP contribution in [0.15, 0.2) is 125 Å². The molecule has 0 radical (unpaired) electrons. The smallest absolute Gasteiger partial charge is 0.147 e. The number of fused-ring (bicyclic) bond motifs is 3. The Morgan fingerprint density at radius 1 is 0.718 bits per heavy atom. The molecule has 2 aliphatic carbocycles. The molecule has 4 aromatic rings. The van der Waals surface area contributed by atoms with E-state index in [0.717, 1.165) is 19.5 Å². The van der Waals surface area contributed by atoms with Gasteiger partial charge < -0.3 is 0 Å². The summed E-state index contributed by atoms with van der Waals surface area (Å²) in [5.74, 6) is 0. The van der Waals surface area contributed by atoms with Gasteiger partial charge in [0.1, 0.15) is 0 Å². The van der Waals surface area contributed by atoms with Gasteiger partial charge in [0, 0.05) is 0 Å². The van der Waals surface area contributed by atoms with Crippen molar-refractivity contribution in [2.24, 2.45) is 0 Å². The number of allylic oxidation sites excluding steroid dienone is 4. The van der Waals surface area contributed by atoms with E-state index in [1.54, 1.807) is 12.1 Å². The van der Waals surface area contributed by atoms with Crippen LogP contribution in [0.25, 0.3) is 11.1 Å². The van der Waals surface area contributed by atoms with Crippen LogP contribution in [0.1, 0.15) is 46.2 Å². The molecule has 39 heavy (non-hydrogen) atoms. The molecule has 0 amide bonds. The van der Waals surface area contributed by atoms with Crippen LogP contribution in [-0.4, -0.2) is 16.3 Å². The summed E-state index contributed by atoms with van der Waals surface area (Å²) in [6, 6.07) is 39.0. The van der Waals surface area contributed by atoms with Crippen molar-refractivity contribution < 1.29 is 21.0 Å². The summed E-state index contributed by atoms with van der Waals surface area (Å²) >= 11 is -2.81. The topological polar surface area (TPSA) is 3.24 Å². The van der Waals surface area contributed by atoms with Gasteiger partial charge in [0.05, 0.1) is 0 Å². The van der Waals surface area contributed by atoms with Crippen molar-refractivity contribution in [1.82, 2.24) is 0 Å². The van der Waals surface area contributed by atoms with Crippen LogP contribution in [0.5, 0.6) is 0 Å². The molecule has 0 saturated carbocycles. The molecule has 2 aliphatic rings. The first kappa shape index (κ1) is 29.5. The average molecular weight is 719 g/mol. The number of hydrogen-bond donors (Lipinski definition) is 0. The van der Waals surface area contributed by atoms with E-state index in [0.29, 0.717) is 3.67 Å². The first-order valence-electron chi connectivity index (χ1n) is 13.5. The fourth-order valence-corrected chi connectivity index (χ4v) is 19.3. The third-order valence-electron chi connectivity index (χ3n) is 7.84. The maximum atomic E-state index is 2.54. The van der Waals surface area contributed by atoms with Crippen LogP contribution in [0.4, 0.5) is 5.69 Å². The van der Waals surface area contributed by atoms with Gasteiger partial charge in [-0.25, -0.2) is 0 Å². The van der Waals surface area contributed by atoms with Gasteiger partial charge in [-0.1, -0.05) is 0 Å². The number of rotatable bonds is 7. The molecule has 0 aromatic heterocycles. The quantitative estimate of drug-likeness (QED) is 0.172. The average Bonchev–Trinajstić information content (AvgIpc) is 3.60. The molecule has 0 saturated heterocycles. The third kappa shape index (κ3) is 5.57. The largest absolute Gasteiger partial charge is 0.147 e. The molecule has 4 aromatic carbocycles. The van der Waals surface area contributed by atoms with Gasteiger partial charge >= 0.3 is 230 Å². The summed E-state index contributed by atoms with van der Waals surface area (Å²) in [6.45, 7) is 6.58. The zero-order chi connectivity index (χ0) is 25.2. The minimum atomic E-state index is -2.81. The van der Waals surface area contributed by atoms with Crippen LogP contribution in [0.2, 0.25) is 0 Å². The van der Waals surface area contributed by atoms with E-state index in [2.05, 4.69) is 140 Å². The fraction of sp³-hybridized carbons (Fsp3) is 0.171. The Balaban J connectivity index is 0.00000176. The molecule has 6 rings (SSSR count). The number of anilines is 1. The monoisotopic (exact) mass is 719 g/mol. The van der Waals surface area contributed by atoms with E-state index in [9.17, 15) is 0 Å². The molecule has 1 unspecified atom stereocenters. The zero-order valence-corrected chi connectivity index (χ0v) is 27.7. The molecule has 4 heteroatoms. The molecule has 0 spiro atoms. The minimum absolute atomic E-state index is 0. The second-order valence-electron chi connectivity index (χ2n) is 9.81. The summed E-state index contributed by atoms with van der Waals surface area (Å²) in [6.07, 6.45) is 8.21. The summed E-state index contributed by atoms with van der Waals surface area (Å²) in [5, 5.41) is 0. The minimum Gasteiger partial charge on any atom is -0.147 e. The van der Waals surface area contributed by atoms with E-state index in [4.69, 9.17) is 0 Å². The van der Waals surface area contributed by atoms with Gasteiger partial charge in [-0.2, -0.15) is 0 Å². The van der Waals surface area contributed by atoms with Crippen molar-refractivity contribution >= 4 is 33.8 Å². The van der Waals surface area contributed by atoms with E-state index >= 15 is 0 Å². The second kappa shape index (κ2) is 13.2. The van der Waals surface area contributed by atoms with Gasteiger partial charge in [-0.05, 0) is 0 Å². The molecule has 1 nitrogen and oxygen atoms in total. The van der Waals surface area contributed by atoms with Crippen LogP contribution >= 0.6 is 24.8 Å². The Morgan fingerprint density at radius 2 is 1.31 bits per heavy atom. The molecule has 0 fully saturated rings. The van der Waals surface area contributed by atoms with Crippen molar-refractivity contribution in [3.8, 4) is 11.1 Å². The van der Waals surface area contributed by atoms with Gasteiger partial charge in [0.15, 0.2) is 0 Å². The first-order chi connectivity index (χ1) is 18.3. The van der Waals surface area contributed by atoms with E-state index in [1.165, 1.54) is 33.5 Å². The number of hydrogen-bond acceptors (Lipinski definition) is 1.